The average molecular weight is 306 g/mol. The number of hydrogen-bond donors (Lipinski definition) is 0. The molecular formula is C16H16F2N2O2. The molecule has 0 spiro atoms. The number of amides is 1. The van der Waals surface area contributed by atoms with Crippen LogP contribution in [0, 0.1) is 23.2 Å². The predicted octanol–water partition coefficient (Wildman–Crippen LogP) is 2.36. The summed E-state index contributed by atoms with van der Waals surface area (Å²) in [6.45, 7) is 2.27. The molecule has 2 aliphatic rings. The van der Waals surface area contributed by atoms with Crippen LogP contribution >= 0.6 is 0 Å². The predicted molar refractivity (Wildman–Crippen MR) is 74.0 cm³/mol. The summed E-state index contributed by atoms with van der Waals surface area (Å²) < 4.78 is 32.4. The highest BCUT2D eigenvalue weighted by Gasteiger charge is 2.70. The number of rotatable bonds is 2. The Morgan fingerprint density at radius 3 is 2.86 bits per heavy atom. The molecule has 1 aliphatic carbocycles. The molecule has 1 aromatic rings. The van der Waals surface area contributed by atoms with Gasteiger partial charge in [0.2, 0.25) is 5.91 Å². The van der Waals surface area contributed by atoms with Crippen LogP contribution in [0.1, 0.15) is 24.2 Å². The number of halogens is 2. The first-order valence-corrected chi connectivity index (χ1v) is 7.23. The van der Waals surface area contributed by atoms with Crippen molar-refractivity contribution in [2.75, 3.05) is 19.7 Å². The second kappa shape index (κ2) is 5.33. The van der Waals surface area contributed by atoms with Crippen molar-refractivity contribution in [3.8, 4) is 6.07 Å². The third-order valence-corrected chi connectivity index (χ3v) is 4.44. The molecule has 22 heavy (non-hydrogen) atoms. The first-order chi connectivity index (χ1) is 10.4. The molecular weight excluding hydrogens is 290 g/mol. The van der Waals surface area contributed by atoms with Gasteiger partial charge in [0.25, 0.3) is 5.92 Å². The molecule has 4 nitrogen and oxygen atoms in total. The van der Waals surface area contributed by atoms with E-state index in [0.717, 1.165) is 5.56 Å². The highest BCUT2D eigenvalue weighted by molar-refractivity contribution is 5.83. The highest BCUT2D eigenvalue weighted by Crippen LogP contribution is 2.55. The zero-order valence-corrected chi connectivity index (χ0v) is 12.1. The SMILES string of the molecule is CC1C(C(=O)N2CCOC(c3cccc(C#N)c3)C2)C1(F)F. The summed E-state index contributed by atoms with van der Waals surface area (Å²) in [4.78, 5) is 13.7. The molecule has 1 amide bonds. The molecule has 1 aromatic carbocycles. The van der Waals surface area contributed by atoms with Gasteiger partial charge in [0, 0.05) is 12.5 Å². The molecule has 1 aliphatic heterocycles. The summed E-state index contributed by atoms with van der Waals surface area (Å²) >= 11 is 0. The lowest BCUT2D eigenvalue weighted by molar-refractivity contribution is -0.142. The Morgan fingerprint density at radius 2 is 2.23 bits per heavy atom. The molecule has 0 radical (unpaired) electrons. The van der Waals surface area contributed by atoms with E-state index in [1.165, 1.54) is 11.8 Å². The standard InChI is InChI=1S/C16H16F2N2O2/c1-10-14(16(10,17)18)15(21)20-5-6-22-13(9-20)12-4-2-3-11(7-12)8-19/h2-4,7,10,13-14H,5-6,9H2,1H3. The number of alkyl halides is 2. The maximum atomic E-state index is 13.4. The van der Waals surface area contributed by atoms with E-state index in [0.29, 0.717) is 18.7 Å². The summed E-state index contributed by atoms with van der Waals surface area (Å²) in [6, 6.07) is 8.99. The second-order valence-electron chi connectivity index (χ2n) is 5.82. The molecule has 116 valence electrons. The zero-order valence-electron chi connectivity index (χ0n) is 12.1. The van der Waals surface area contributed by atoms with Gasteiger partial charge < -0.3 is 9.64 Å². The van der Waals surface area contributed by atoms with E-state index in [1.807, 2.05) is 12.1 Å². The lowest BCUT2D eigenvalue weighted by Gasteiger charge is -2.33. The minimum atomic E-state index is -2.88. The molecule has 3 rings (SSSR count). The molecule has 0 aromatic heterocycles. The van der Waals surface area contributed by atoms with Gasteiger partial charge in [0.1, 0.15) is 12.0 Å². The van der Waals surface area contributed by atoms with Gasteiger partial charge in [-0.05, 0) is 17.7 Å². The molecule has 0 bridgehead atoms. The Balaban J connectivity index is 1.72. The third kappa shape index (κ3) is 2.46. The maximum absolute atomic E-state index is 13.4. The Morgan fingerprint density at radius 1 is 1.50 bits per heavy atom. The van der Waals surface area contributed by atoms with Crippen LogP contribution in [0.4, 0.5) is 8.78 Å². The van der Waals surface area contributed by atoms with Crippen molar-refractivity contribution in [3.05, 3.63) is 35.4 Å². The number of ether oxygens (including phenoxy) is 1. The third-order valence-electron chi connectivity index (χ3n) is 4.44. The van der Waals surface area contributed by atoms with Gasteiger partial charge in [-0.2, -0.15) is 5.26 Å². The van der Waals surface area contributed by atoms with E-state index in [2.05, 4.69) is 0 Å². The van der Waals surface area contributed by atoms with E-state index in [4.69, 9.17) is 10.00 Å². The van der Waals surface area contributed by atoms with E-state index >= 15 is 0 Å². The number of carbonyl (C=O) groups excluding carboxylic acids is 1. The fraction of sp³-hybridized carbons (Fsp3) is 0.500. The number of nitrogens with zero attached hydrogens (tertiary/aromatic N) is 2. The molecule has 0 N–H and O–H groups in total. The normalized spacial score (nSPS) is 29.7. The summed E-state index contributed by atoms with van der Waals surface area (Å²) in [5.41, 5.74) is 1.29. The second-order valence-corrected chi connectivity index (χ2v) is 5.82. The van der Waals surface area contributed by atoms with Crippen LogP contribution in [0.15, 0.2) is 24.3 Å². The van der Waals surface area contributed by atoms with Gasteiger partial charge >= 0.3 is 0 Å². The van der Waals surface area contributed by atoms with Gasteiger partial charge in [-0.25, -0.2) is 8.78 Å². The van der Waals surface area contributed by atoms with Gasteiger partial charge in [-0.1, -0.05) is 19.1 Å². The topological polar surface area (TPSA) is 53.3 Å². The van der Waals surface area contributed by atoms with Crippen LogP contribution < -0.4 is 0 Å². The summed E-state index contributed by atoms with van der Waals surface area (Å²) in [5.74, 6) is -5.46. The quantitative estimate of drug-likeness (QED) is 0.843. The van der Waals surface area contributed by atoms with E-state index in [9.17, 15) is 13.6 Å². The van der Waals surface area contributed by atoms with Crippen molar-refractivity contribution in [2.24, 2.45) is 11.8 Å². The van der Waals surface area contributed by atoms with Crippen LogP contribution in [0.2, 0.25) is 0 Å². The first-order valence-electron chi connectivity index (χ1n) is 7.23. The van der Waals surface area contributed by atoms with Crippen molar-refractivity contribution in [2.45, 2.75) is 19.0 Å². The molecule has 1 saturated carbocycles. The number of hydrogen-bond acceptors (Lipinski definition) is 3. The van der Waals surface area contributed by atoms with E-state index < -0.39 is 23.7 Å². The van der Waals surface area contributed by atoms with Gasteiger partial charge in [-0.3, -0.25) is 4.79 Å². The van der Waals surface area contributed by atoms with Crippen molar-refractivity contribution < 1.29 is 18.3 Å². The fourth-order valence-corrected chi connectivity index (χ4v) is 2.91. The summed E-state index contributed by atoms with van der Waals surface area (Å²) in [7, 11) is 0. The maximum Gasteiger partial charge on any atom is 0.263 e. The highest BCUT2D eigenvalue weighted by atomic mass is 19.3. The minimum absolute atomic E-state index is 0.243. The lowest BCUT2D eigenvalue weighted by Crippen LogP contribution is -2.43. The average Bonchev–Trinajstić information content (AvgIpc) is 3.04. The van der Waals surface area contributed by atoms with Crippen LogP contribution in [0.5, 0.6) is 0 Å². The number of benzene rings is 1. The van der Waals surface area contributed by atoms with Crippen LogP contribution in [0.25, 0.3) is 0 Å². The Bertz CT molecular complexity index is 641. The molecule has 3 unspecified atom stereocenters. The Kier molecular flexibility index (Phi) is 3.61. The largest absolute Gasteiger partial charge is 0.370 e. The lowest BCUT2D eigenvalue weighted by atomic mass is 10.0. The van der Waals surface area contributed by atoms with Crippen molar-refractivity contribution >= 4 is 5.91 Å². The summed E-state index contributed by atoms with van der Waals surface area (Å²) in [5, 5.41) is 8.93. The minimum Gasteiger partial charge on any atom is -0.370 e. The van der Waals surface area contributed by atoms with Gasteiger partial charge in [0.05, 0.1) is 24.8 Å². The monoisotopic (exact) mass is 306 g/mol. The van der Waals surface area contributed by atoms with Crippen LogP contribution in [-0.4, -0.2) is 36.4 Å². The van der Waals surface area contributed by atoms with Crippen molar-refractivity contribution in [1.82, 2.24) is 4.90 Å². The molecule has 3 atom stereocenters. The smallest absolute Gasteiger partial charge is 0.263 e. The zero-order chi connectivity index (χ0) is 15.9. The fourth-order valence-electron chi connectivity index (χ4n) is 2.91. The first kappa shape index (κ1) is 14.9. The van der Waals surface area contributed by atoms with Gasteiger partial charge in [-0.15, -0.1) is 0 Å². The van der Waals surface area contributed by atoms with E-state index in [1.54, 1.807) is 18.2 Å². The Labute approximate surface area is 127 Å². The molecule has 2 fully saturated rings. The van der Waals surface area contributed by atoms with Crippen LogP contribution in [0.3, 0.4) is 0 Å². The molecule has 6 heteroatoms. The summed E-state index contributed by atoms with van der Waals surface area (Å²) in [6.07, 6.45) is -0.381. The number of carbonyl (C=O) groups is 1. The van der Waals surface area contributed by atoms with E-state index in [-0.39, 0.29) is 12.6 Å². The molecule has 1 heterocycles. The van der Waals surface area contributed by atoms with Gasteiger partial charge in [0.15, 0.2) is 0 Å². The Hall–Kier alpha value is -2.00. The number of nitriles is 1. The molecule has 1 saturated heterocycles. The number of morpholine rings is 1. The van der Waals surface area contributed by atoms with Crippen molar-refractivity contribution in [1.29, 1.82) is 5.26 Å². The van der Waals surface area contributed by atoms with Crippen molar-refractivity contribution in [3.63, 3.8) is 0 Å². The van der Waals surface area contributed by atoms with Crippen LogP contribution in [-0.2, 0) is 9.53 Å².